The molecule has 346 valence electrons. The standard InChI is InChI=1S/C49H58F3N7O6/c1-65-42-26-41(37(52)25-34(42)45-49(13-2-3-14-49)48(64)59(45)38-6-4-5-35(50)44(38)61)57-17-11-31(12-18-57)28-55-21-19-54(20-22-55)27-30-9-15-56(16-10-30)40-23-32-29-58(47(63)33(32)24-36(40)51)39-7-8-43(60)53-46(39)62/h4-6,23-26,30-31,39,45,61H,2-3,7-22,27-29H2,1H3,(H,53,60,62)/t39-,45-/m0/s1. The number of carbonyl (C=O) groups excluding carboxylic acids is 4. The second kappa shape index (κ2) is 17.5. The maximum absolute atomic E-state index is 16.3. The molecule has 2 atom stereocenters. The van der Waals surface area contributed by atoms with Crippen molar-refractivity contribution < 1.29 is 42.2 Å². The number of nitrogens with zero attached hydrogens (tertiary/aromatic N) is 6. The molecule has 7 aliphatic rings. The van der Waals surface area contributed by atoms with Crippen molar-refractivity contribution >= 4 is 40.7 Å². The molecule has 3 aromatic rings. The first kappa shape index (κ1) is 43.5. The second-order valence-corrected chi connectivity index (χ2v) is 19.4. The van der Waals surface area contributed by atoms with Crippen molar-refractivity contribution in [2.45, 2.75) is 82.8 Å². The number of carbonyl (C=O) groups is 4. The summed E-state index contributed by atoms with van der Waals surface area (Å²) in [6.45, 7) is 9.12. The van der Waals surface area contributed by atoms with Crippen LogP contribution in [-0.2, 0) is 20.9 Å². The number of phenols is 1. The van der Waals surface area contributed by atoms with Crippen LogP contribution in [0.1, 0.15) is 91.7 Å². The molecule has 1 aliphatic carbocycles. The van der Waals surface area contributed by atoms with Crippen LogP contribution in [0.4, 0.5) is 30.2 Å². The summed E-state index contributed by atoms with van der Waals surface area (Å²) in [5.41, 5.74) is 1.85. The lowest BCUT2D eigenvalue weighted by Crippen LogP contribution is -2.62. The maximum Gasteiger partial charge on any atom is 0.255 e. The van der Waals surface area contributed by atoms with E-state index in [0.717, 1.165) is 96.9 Å². The minimum atomic E-state index is -0.815. The Morgan fingerprint density at radius 2 is 1.34 bits per heavy atom. The van der Waals surface area contributed by atoms with Gasteiger partial charge in [-0.3, -0.25) is 29.4 Å². The van der Waals surface area contributed by atoms with Gasteiger partial charge in [0.15, 0.2) is 11.6 Å². The fourth-order valence-corrected chi connectivity index (χ4v) is 12.1. The molecule has 10 rings (SSSR count). The number of halogens is 3. The van der Waals surface area contributed by atoms with Crippen LogP contribution in [-0.4, -0.2) is 122 Å². The number of aromatic hydroxyl groups is 1. The lowest BCUT2D eigenvalue weighted by atomic mass is 9.66. The number of nitrogens with one attached hydrogen (secondary N) is 1. The third-order valence-electron chi connectivity index (χ3n) is 15.7. The van der Waals surface area contributed by atoms with Gasteiger partial charge in [-0.15, -0.1) is 0 Å². The predicted octanol–water partition coefficient (Wildman–Crippen LogP) is 5.98. The predicted molar refractivity (Wildman–Crippen MR) is 237 cm³/mol. The molecule has 1 saturated carbocycles. The zero-order valence-electron chi connectivity index (χ0n) is 37.0. The van der Waals surface area contributed by atoms with Crippen LogP contribution >= 0.6 is 0 Å². The van der Waals surface area contributed by atoms with Crippen molar-refractivity contribution in [2.75, 3.05) is 87.3 Å². The molecular weight excluding hydrogens is 840 g/mol. The number of imide groups is 1. The highest BCUT2D eigenvalue weighted by atomic mass is 19.1. The molecule has 6 aliphatic heterocycles. The molecule has 13 nitrogen and oxygen atoms in total. The van der Waals surface area contributed by atoms with Gasteiger partial charge in [-0.05, 0) is 92.7 Å². The van der Waals surface area contributed by atoms with E-state index in [1.807, 2.05) is 0 Å². The van der Waals surface area contributed by atoms with Crippen molar-refractivity contribution in [1.82, 2.24) is 20.0 Å². The summed E-state index contributed by atoms with van der Waals surface area (Å²) < 4.78 is 52.1. The van der Waals surface area contributed by atoms with Gasteiger partial charge in [-0.2, -0.15) is 0 Å². The second-order valence-electron chi connectivity index (χ2n) is 19.4. The van der Waals surface area contributed by atoms with Crippen molar-refractivity contribution in [1.29, 1.82) is 0 Å². The third kappa shape index (κ3) is 7.87. The van der Waals surface area contributed by atoms with E-state index in [2.05, 4.69) is 24.9 Å². The number of ether oxygens (including phenoxy) is 1. The smallest absolute Gasteiger partial charge is 0.255 e. The summed E-state index contributed by atoms with van der Waals surface area (Å²) in [4.78, 5) is 63.2. The van der Waals surface area contributed by atoms with Gasteiger partial charge in [0.25, 0.3) is 5.91 Å². The Balaban J connectivity index is 0.694. The lowest BCUT2D eigenvalue weighted by Gasteiger charge is -2.55. The Labute approximate surface area is 377 Å². The fourth-order valence-electron chi connectivity index (χ4n) is 12.1. The van der Waals surface area contributed by atoms with Gasteiger partial charge in [-0.1, -0.05) is 18.9 Å². The van der Waals surface area contributed by atoms with Gasteiger partial charge in [0.2, 0.25) is 17.7 Å². The number of anilines is 3. The number of fused-ring (bicyclic) bond motifs is 1. The molecule has 2 N–H and O–H groups in total. The molecule has 4 amide bonds. The summed E-state index contributed by atoms with van der Waals surface area (Å²) in [6, 6.07) is 9.14. The zero-order valence-corrected chi connectivity index (χ0v) is 37.0. The normalized spacial score (nSPS) is 24.6. The quantitative estimate of drug-likeness (QED) is 0.186. The number of amides is 4. The summed E-state index contributed by atoms with van der Waals surface area (Å²) in [6.07, 6.45) is 7.23. The minimum absolute atomic E-state index is 0.0845. The molecule has 3 aromatic carbocycles. The average Bonchev–Trinajstić information content (AvgIpc) is 3.94. The molecule has 16 heteroatoms. The zero-order chi connectivity index (χ0) is 45.1. The highest BCUT2D eigenvalue weighted by Crippen LogP contribution is 2.62. The van der Waals surface area contributed by atoms with Crippen LogP contribution in [0.5, 0.6) is 11.5 Å². The van der Waals surface area contributed by atoms with Gasteiger partial charge in [0.05, 0.1) is 35.6 Å². The summed E-state index contributed by atoms with van der Waals surface area (Å²) in [7, 11) is 1.55. The molecule has 1 spiro atoms. The van der Waals surface area contributed by atoms with E-state index in [9.17, 15) is 28.7 Å². The fraction of sp³-hybridized carbons (Fsp3) is 0.551. The third-order valence-corrected chi connectivity index (χ3v) is 15.7. The first-order valence-corrected chi connectivity index (χ1v) is 23.5. The van der Waals surface area contributed by atoms with Gasteiger partial charge in [-0.25, -0.2) is 13.2 Å². The van der Waals surface area contributed by atoms with E-state index in [1.54, 1.807) is 19.2 Å². The van der Waals surface area contributed by atoms with Crippen LogP contribution in [0.15, 0.2) is 42.5 Å². The highest BCUT2D eigenvalue weighted by Gasteiger charge is 2.63. The Morgan fingerprint density at radius 3 is 1.94 bits per heavy atom. The van der Waals surface area contributed by atoms with Gasteiger partial charge < -0.3 is 34.3 Å². The van der Waals surface area contributed by atoms with Gasteiger partial charge in [0.1, 0.15) is 23.4 Å². The molecule has 0 aromatic heterocycles. The first-order valence-electron chi connectivity index (χ1n) is 23.5. The average molecular weight is 898 g/mol. The molecule has 0 unspecified atom stereocenters. The van der Waals surface area contributed by atoms with Crippen LogP contribution in [0.25, 0.3) is 0 Å². The Kier molecular flexibility index (Phi) is 11.7. The lowest BCUT2D eigenvalue weighted by molar-refractivity contribution is -0.140. The molecular formula is C49H58F3N7O6. The summed E-state index contributed by atoms with van der Waals surface area (Å²) >= 11 is 0. The van der Waals surface area contributed by atoms with Crippen molar-refractivity contribution in [2.24, 2.45) is 17.3 Å². The van der Waals surface area contributed by atoms with Gasteiger partial charge >= 0.3 is 0 Å². The number of piperazine rings is 1. The number of β-lactam (4-membered cyclic amide) rings is 1. The molecule has 0 radical (unpaired) electrons. The Morgan fingerprint density at radius 1 is 0.738 bits per heavy atom. The van der Waals surface area contributed by atoms with Crippen molar-refractivity contribution in [3.8, 4) is 11.5 Å². The number of hydrogen-bond donors (Lipinski definition) is 2. The van der Waals surface area contributed by atoms with Crippen LogP contribution in [0, 0.1) is 34.7 Å². The van der Waals surface area contributed by atoms with Crippen molar-refractivity contribution in [3.05, 3.63) is 76.6 Å². The van der Waals surface area contributed by atoms with Gasteiger partial charge in [0, 0.05) is 95.6 Å². The van der Waals surface area contributed by atoms with Crippen molar-refractivity contribution in [3.63, 3.8) is 0 Å². The van der Waals surface area contributed by atoms with E-state index in [1.165, 1.54) is 34.1 Å². The minimum Gasteiger partial charge on any atom is -0.503 e. The van der Waals surface area contributed by atoms with E-state index >= 15 is 8.78 Å². The molecule has 0 bridgehead atoms. The topological polar surface area (TPSA) is 129 Å². The number of para-hydroxylation sites is 1. The number of piperidine rings is 3. The van der Waals surface area contributed by atoms with Crippen LogP contribution in [0.3, 0.4) is 0 Å². The molecule has 65 heavy (non-hydrogen) atoms. The number of hydrogen-bond acceptors (Lipinski definition) is 10. The maximum atomic E-state index is 16.3. The molecule has 5 saturated heterocycles. The van der Waals surface area contributed by atoms with E-state index in [0.29, 0.717) is 66.0 Å². The number of rotatable bonds is 10. The van der Waals surface area contributed by atoms with Crippen LogP contribution in [0.2, 0.25) is 0 Å². The molecule has 6 fully saturated rings. The Bertz CT molecular complexity index is 2370. The first-order chi connectivity index (χ1) is 31.4. The van der Waals surface area contributed by atoms with E-state index in [-0.39, 0.29) is 54.2 Å². The summed E-state index contributed by atoms with van der Waals surface area (Å²) in [5, 5.41) is 12.9. The van der Waals surface area contributed by atoms with E-state index < -0.39 is 40.8 Å². The van der Waals surface area contributed by atoms with E-state index in [4.69, 9.17) is 4.74 Å². The molecule has 6 heterocycles. The SMILES string of the molecule is COc1cc(N2CCC(CN3CCN(CC4CCN(c5cc6c(cc5F)C(=O)N([C@H]5CCC(=O)NC5=O)C6)CC4)CC3)CC2)c(F)cc1[C@@H]1N(c2cccc(F)c2O)C(=O)C12CCCC2. The highest BCUT2D eigenvalue weighted by molar-refractivity contribution is 6.08. The summed E-state index contributed by atoms with van der Waals surface area (Å²) in [5.74, 6) is -2.09. The van der Waals surface area contributed by atoms with Crippen LogP contribution < -0.4 is 24.8 Å². The monoisotopic (exact) mass is 897 g/mol. The Hall–Kier alpha value is -5.35. The number of phenolic OH excluding ortho intramolecular Hbond substituents is 1. The number of benzene rings is 3. The number of methoxy groups -OCH3 is 1. The largest absolute Gasteiger partial charge is 0.503 e.